The van der Waals surface area contributed by atoms with E-state index in [0.717, 1.165) is 0 Å². The number of halogens is 4. The van der Waals surface area contributed by atoms with Gasteiger partial charge in [0.25, 0.3) is 15.9 Å². The molecule has 0 bridgehead atoms. The van der Waals surface area contributed by atoms with Crippen LogP contribution in [0.15, 0.2) is 42.2 Å². The molecule has 1 aliphatic rings. The first-order chi connectivity index (χ1) is 18.1. The molecule has 0 spiro atoms. The van der Waals surface area contributed by atoms with Gasteiger partial charge in [-0.25, -0.2) is 17.6 Å². The van der Waals surface area contributed by atoms with E-state index < -0.39 is 31.7 Å². The minimum atomic E-state index is -4.50. The molecule has 0 saturated heterocycles. The van der Waals surface area contributed by atoms with Gasteiger partial charge in [-0.1, -0.05) is 52.5 Å². The van der Waals surface area contributed by atoms with E-state index in [1.807, 2.05) is 0 Å². The van der Waals surface area contributed by atoms with Crippen LogP contribution in [0.1, 0.15) is 5.82 Å². The third kappa shape index (κ3) is 7.30. The molecule has 0 radical (unpaired) electrons. The molecule has 4 rings (SSSR count). The van der Waals surface area contributed by atoms with Crippen LogP contribution in [0, 0.1) is 0 Å². The van der Waals surface area contributed by atoms with E-state index in [0.29, 0.717) is 44.1 Å². The van der Waals surface area contributed by atoms with E-state index in [1.165, 1.54) is 0 Å². The maximum Gasteiger partial charge on any atom is 1.00 e. The zero-order chi connectivity index (χ0) is 28.9. The number of allylic oxidation sites excluding steroid dienone is 2. The number of anilines is 2. The molecule has 1 aromatic heterocycles. The summed E-state index contributed by atoms with van der Waals surface area (Å²) in [7, 11) is -5.24. The monoisotopic (exact) mass is 677 g/mol. The van der Waals surface area contributed by atoms with Crippen molar-refractivity contribution in [3.63, 3.8) is 0 Å². The van der Waals surface area contributed by atoms with E-state index in [9.17, 15) is 25.9 Å². The number of hydrogen-bond acceptors (Lipinski definition) is 7. The smallest absolute Gasteiger partial charge is 0.748 e. The molecule has 0 saturated carbocycles. The van der Waals surface area contributed by atoms with Gasteiger partial charge < -0.3 is 14.4 Å². The molecular weight excluding hydrogens is 657 g/mol. The SMILES string of the molecule is CN1C(=CC=Cc2n(CCS(=O)(=O)O)c3cc(Cl)c(Cl)cc3[n+]2C)N(CCS(=O)(=O)[O-])c2cc(Cl)c(Cl)cc21.[Na+]. The Morgan fingerprint density at radius 1 is 0.925 bits per heavy atom. The van der Waals surface area contributed by atoms with Crippen LogP contribution in [-0.4, -0.2) is 55.6 Å². The Kier molecular flexibility index (Phi) is 10.6. The summed E-state index contributed by atoms with van der Waals surface area (Å²) in [6, 6.07) is 6.50. The van der Waals surface area contributed by atoms with Gasteiger partial charge in [-0.05, 0) is 18.2 Å². The fourth-order valence-electron chi connectivity index (χ4n) is 4.38. The van der Waals surface area contributed by atoms with Gasteiger partial charge in [0.1, 0.15) is 18.1 Å². The number of rotatable bonds is 8. The molecule has 0 fully saturated rings. The van der Waals surface area contributed by atoms with Crippen molar-refractivity contribution >= 4 is 95.1 Å². The number of aromatic nitrogens is 2. The minimum Gasteiger partial charge on any atom is -0.748 e. The first-order valence-corrected chi connectivity index (χ1v) is 15.9. The van der Waals surface area contributed by atoms with Gasteiger partial charge in [0.05, 0.1) is 54.4 Å². The summed E-state index contributed by atoms with van der Waals surface area (Å²) in [6.45, 7) is -0.194. The van der Waals surface area contributed by atoms with Gasteiger partial charge in [-0.15, -0.1) is 0 Å². The Hall–Kier alpha value is -1.03. The van der Waals surface area contributed by atoms with Crippen LogP contribution in [0.4, 0.5) is 11.4 Å². The van der Waals surface area contributed by atoms with Crippen molar-refractivity contribution in [2.24, 2.45) is 7.05 Å². The Morgan fingerprint density at radius 3 is 2.10 bits per heavy atom. The van der Waals surface area contributed by atoms with E-state index in [4.69, 9.17) is 46.4 Å². The number of nitrogens with zero attached hydrogens (tertiary/aromatic N) is 4. The third-order valence-electron chi connectivity index (χ3n) is 6.21. The van der Waals surface area contributed by atoms with Crippen molar-refractivity contribution in [3.05, 3.63) is 68.2 Å². The van der Waals surface area contributed by atoms with Crippen molar-refractivity contribution in [1.29, 1.82) is 0 Å². The average molecular weight is 679 g/mol. The topological polar surface area (TPSA) is 127 Å². The van der Waals surface area contributed by atoms with Crippen molar-refractivity contribution in [1.82, 2.24) is 4.57 Å². The summed E-state index contributed by atoms with van der Waals surface area (Å²) in [5, 5.41) is 1.17. The predicted molar refractivity (Wildman–Crippen MR) is 153 cm³/mol. The molecule has 40 heavy (non-hydrogen) atoms. The molecule has 2 aromatic carbocycles. The zero-order valence-corrected chi connectivity index (χ0v) is 28.1. The summed E-state index contributed by atoms with van der Waals surface area (Å²) in [4.78, 5) is 3.41. The molecule has 17 heteroatoms. The number of imidazole rings is 1. The molecule has 0 aliphatic carbocycles. The summed E-state index contributed by atoms with van der Waals surface area (Å²) < 4.78 is 69.9. The molecule has 10 nitrogen and oxygen atoms in total. The standard InChI is InChI=1S/C23H22Cl4N4O6S2.Na/c1-28-18-10-14(24)16(26)12-20(18)30(6-8-38(32,33)34)22(28)4-3-5-23-29(2)19-11-15(25)17(27)13-21(19)31(23)7-9-39(35,36)37;/h3-5,10-13H,6-9H2,1-2H3,(H-,32,33,34,35,36,37);/q;+1. The molecule has 210 valence electrons. The second kappa shape index (κ2) is 12.7. The number of fused-ring (bicyclic) bond motifs is 2. The second-order valence-electron chi connectivity index (χ2n) is 8.72. The van der Waals surface area contributed by atoms with Crippen LogP contribution >= 0.6 is 46.4 Å². The van der Waals surface area contributed by atoms with Crippen LogP contribution < -0.4 is 43.9 Å². The summed E-state index contributed by atoms with van der Waals surface area (Å²) in [6.07, 6.45) is 5.09. The largest absolute Gasteiger partial charge is 1.00 e. The summed E-state index contributed by atoms with van der Waals surface area (Å²) >= 11 is 24.8. The number of hydrogen-bond donors (Lipinski definition) is 1. The average Bonchev–Trinajstić information content (AvgIpc) is 3.21. The van der Waals surface area contributed by atoms with Crippen LogP contribution in [0.5, 0.6) is 0 Å². The van der Waals surface area contributed by atoms with Crippen molar-refractivity contribution in [2.75, 3.05) is 34.9 Å². The van der Waals surface area contributed by atoms with Gasteiger partial charge in [-0.3, -0.25) is 4.55 Å². The Bertz CT molecular complexity index is 1760. The minimum absolute atomic E-state index is 0. The molecule has 0 atom stereocenters. The molecule has 2 heterocycles. The van der Waals surface area contributed by atoms with Crippen LogP contribution in [0.2, 0.25) is 20.1 Å². The maximum absolute atomic E-state index is 11.5. The van der Waals surface area contributed by atoms with E-state index in [1.54, 1.807) is 75.5 Å². The molecule has 0 unspecified atom stereocenters. The second-order valence-corrected chi connectivity index (χ2v) is 13.4. The third-order valence-corrected chi connectivity index (χ3v) is 9.03. The van der Waals surface area contributed by atoms with E-state index in [-0.39, 0.29) is 52.7 Å². The van der Waals surface area contributed by atoms with Crippen LogP contribution in [0.25, 0.3) is 17.1 Å². The normalized spacial score (nSPS) is 14.9. The quantitative estimate of drug-likeness (QED) is 0.215. The van der Waals surface area contributed by atoms with Gasteiger partial charge in [0.15, 0.2) is 11.0 Å². The Balaban J connectivity index is 0.00000441. The van der Waals surface area contributed by atoms with Crippen molar-refractivity contribution in [3.8, 4) is 0 Å². The molecular formula is C23H22Cl4N4NaO6S2+. The number of benzene rings is 2. The van der Waals surface area contributed by atoms with Crippen molar-refractivity contribution < 1.29 is 60.1 Å². The fraction of sp³-hybridized carbons (Fsp3) is 0.261. The van der Waals surface area contributed by atoms with Crippen LogP contribution in [0.3, 0.4) is 0 Å². The van der Waals surface area contributed by atoms with Gasteiger partial charge >= 0.3 is 29.6 Å². The van der Waals surface area contributed by atoms with Crippen LogP contribution in [-0.2, 0) is 33.8 Å². The molecule has 0 amide bonds. The summed E-state index contributed by atoms with van der Waals surface area (Å²) in [5.74, 6) is -0.0721. The molecule has 1 N–H and O–H groups in total. The molecule has 3 aromatic rings. The predicted octanol–water partition coefficient (Wildman–Crippen LogP) is 1.33. The van der Waals surface area contributed by atoms with Gasteiger partial charge in [-0.2, -0.15) is 8.42 Å². The zero-order valence-electron chi connectivity index (χ0n) is 21.5. The fourth-order valence-corrected chi connectivity index (χ4v) is 5.83. The van der Waals surface area contributed by atoms with Gasteiger partial charge in [0, 0.05) is 31.8 Å². The van der Waals surface area contributed by atoms with E-state index in [2.05, 4.69) is 0 Å². The Morgan fingerprint density at radius 2 is 1.50 bits per heavy atom. The number of aryl methyl sites for hydroxylation is 2. The maximum atomic E-state index is 11.5. The Labute approximate surface area is 274 Å². The van der Waals surface area contributed by atoms with Gasteiger partial charge in [0.2, 0.25) is 0 Å². The summed E-state index contributed by atoms with van der Waals surface area (Å²) in [5.41, 5.74) is 2.50. The molecule has 1 aliphatic heterocycles. The first kappa shape index (κ1) is 33.5. The first-order valence-electron chi connectivity index (χ1n) is 11.2. The van der Waals surface area contributed by atoms with Crippen molar-refractivity contribution in [2.45, 2.75) is 6.54 Å². The van der Waals surface area contributed by atoms with E-state index >= 15 is 0 Å².